The second kappa shape index (κ2) is 6.68. The van der Waals surface area contributed by atoms with Crippen LogP contribution in [-0.2, 0) is 11.3 Å². The van der Waals surface area contributed by atoms with Crippen molar-refractivity contribution < 1.29 is 13.6 Å². The topological polar surface area (TPSA) is 84.0 Å². The van der Waals surface area contributed by atoms with Gasteiger partial charge in [0.2, 0.25) is 5.91 Å². The quantitative estimate of drug-likeness (QED) is 0.758. The Bertz CT molecular complexity index is 1070. The molecule has 0 radical (unpaired) electrons. The standard InChI is InChI=1S/C17H13F2N3O3/c18-10-5-6-14(13(19)9-10)20-15(23)7-8-22-17(25)12-4-2-1-3-11(12)16(24)21-22/h1-6,9H,7-8H2,(H,20,23)(H,21,24). The Hall–Kier alpha value is -3.29. The highest BCUT2D eigenvalue weighted by atomic mass is 19.1. The molecule has 3 rings (SSSR count). The molecule has 0 saturated carbocycles. The number of anilines is 1. The van der Waals surface area contributed by atoms with E-state index >= 15 is 0 Å². The van der Waals surface area contributed by atoms with E-state index in [-0.39, 0.29) is 29.4 Å². The van der Waals surface area contributed by atoms with Crippen molar-refractivity contribution in [3.8, 4) is 0 Å². The first kappa shape index (κ1) is 16.6. The number of benzene rings is 2. The molecule has 0 unspecified atom stereocenters. The van der Waals surface area contributed by atoms with Crippen LogP contribution in [0.4, 0.5) is 14.5 Å². The summed E-state index contributed by atoms with van der Waals surface area (Å²) >= 11 is 0. The number of halogens is 2. The van der Waals surface area contributed by atoms with Gasteiger partial charge in [0.15, 0.2) is 0 Å². The highest BCUT2D eigenvalue weighted by molar-refractivity contribution is 5.90. The summed E-state index contributed by atoms with van der Waals surface area (Å²) in [5, 5.41) is 5.20. The molecule has 1 heterocycles. The fraction of sp³-hybridized carbons (Fsp3) is 0.118. The second-order valence-electron chi connectivity index (χ2n) is 5.37. The van der Waals surface area contributed by atoms with Gasteiger partial charge in [0.05, 0.1) is 23.0 Å². The molecule has 0 aliphatic carbocycles. The van der Waals surface area contributed by atoms with Crippen molar-refractivity contribution in [1.29, 1.82) is 0 Å². The Kier molecular flexibility index (Phi) is 4.42. The summed E-state index contributed by atoms with van der Waals surface area (Å²) in [6.07, 6.45) is -0.176. The van der Waals surface area contributed by atoms with E-state index < -0.39 is 28.7 Å². The largest absolute Gasteiger partial charge is 0.324 e. The predicted octanol–water partition coefficient (Wildman–Crippen LogP) is 2.00. The van der Waals surface area contributed by atoms with Gasteiger partial charge in [-0.05, 0) is 24.3 Å². The fourth-order valence-electron chi connectivity index (χ4n) is 2.42. The van der Waals surface area contributed by atoms with E-state index in [0.29, 0.717) is 6.07 Å². The van der Waals surface area contributed by atoms with Gasteiger partial charge in [-0.25, -0.2) is 13.5 Å². The molecule has 0 bridgehead atoms. The molecule has 3 aromatic rings. The van der Waals surface area contributed by atoms with Crippen LogP contribution in [0.2, 0.25) is 0 Å². The number of aryl methyl sites for hydroxylation is 1. The predicted molar refractivity (Wildman–Crippen MR) is 88.4 cm³/mol. The number of fused-ring (bicyclic) bond motifs is 1. The van der Waals surface area contributed by atoms with Gasteiger partial charge < -0.3 is 5.32 Å². The molecular weight excluding hydrogens is 332 g/mol. The average molecular weight is 345 g/mol. The van der Waals surface area contributed by atoms with Gasteiger partial charge in [-0.3, -0.25) is 19.5 Å². The summed E-state index contributed by atoms with van der Waals surface area (Å²) < 4.78 is 27.4. The monoisotopic (exact) mass is 345 g/mol. The Morgan fingerprint density at radius 1 is 1.08 bits per heavy atom. The van der Waals surface area contributed by atoms with Crippen LogP contribution in [0.1, 0.15) is 6.42 Å². The number of hydrogen-bond donors (Lipinski definition) is 2. The van der Waals surface area contributed by atoms with E-state index in [2.05, 4.69) is 10.4 Å². The summed E-state index contributed by atoms with van der Waals surface area (Å²) in [7, 11) is 0. The molecule has 0 spiro atoms. The molecule has 0 aliphatic rings. The van der Waals surface area contributed by atoms with Crippen LogP contribution in [0.25, 0.3) is 10.8 Å². The fourth-order valence-corrected chi connectivity index (χ4v) is 2.42. The van der Waals surface area contributed by atoms with Crippen molar-refractivity contribution in [1.82, 2.24) is 9.78 Å². The molecule has 0 saturated heterocycles. The van der Waals surface area contributed by atoms with Gasteiger partial charge in [-0.15, -0.1) is 0 Å². The van der Waals surface area contributed by atoms with Crippen LogP contribution in [0.5, 0.6) is 0 Å². The van der Waals surface area contributed by atoms with Gasteiger partial charge in [0.1, 0.15) is 11.6 Å². The maximum atomic E-state index is 13.5. The Labute approximate surface area is 139 Å². The zero-order valence-corrected chi connectivity index (χ0v) is 12.9. The van der Waals surface area contributed by atoms with Crippen LogP contribution >= 0.6 is 0 Å². The molecule has 128 valence electrons. The van der Waals surface area contributed by atoms with Gasteiger partial charge in [-0.2, -0.15) is 0 Å². The van der Waals surface area contributed by atoms with Crippen molar-refractivity contribution in [2.75, 3.05) is 5.32 Å². The SMILES string of the molecule is O=C(CCn1[nH]c(=O)c2ccccc2c1=O)Nc1ccc(F)cc1F. The lowest BCUT2D eigenvalue weighted by Crippen LogP contribution is -2.31. The molecule has 1 amide bonds. The van der Waals surface area contributed by atoms with Crippen molar-refractivity contribution in [3.05, 3.63) is 74.8 Å². The third-order valence-corrected chi connectivity index (χ3v) is 3.65. The van der Waals surface area contributed by atoms with Crippen LogP contribution in [-0.4, -0.2) is 15.7 Å². The number of nitrogens with one attached hydrogen (secondary N) is 2. The minimum atomic E-state index is -0.898. The summed E-state index contributed by atoms with van der Waals surface area (Å²) in [4.78, 5) is 36.2. The van der Waals surface area contributed by atoms with Crippen molar-refractivity contribution >= 4 is 22.4 Å². The zero-order valence-electron chi connectivity index (χ0n) is 12.9. The first-order chi connectivity index (χ1) is 12.0. The van der Waals surface area contributed by atoms with Crippen LogP contribution in [0.3, 0.4) is 0 Å². The van der Waals surface area contributed by atoms with Gasteiger partial charge in [0.25, 0.3) is 11.1 Å². The van der Waals surface area contributed by atoms with Crippen LogP contribution < -0.4 is 16.4 Å². The number of aromatic amines is 1. The van der Waals surface area contributed by atoms with E-state index in [4.69, 9.17) is 0 Å². The molecular formula is C17H13F2N3O3. The van der Waals surface area contributed by atoms with E-state index in [0.717, 1.165) is 16.8 Å². The van der Waals surface area contributed by atoms with Crippen LogP contribution in [0.15, 0.2) is 52.1 Å². The smallest absolute Gasteiger partial charge is 0.273 e. The average Bonchev–Trinajstić information content (AvgIpc) is 2.59. The van der Waals surface area contributed by atoms with Crippen molar-refractivity contribution in [3.63, 3.8) is 0 Å². The van der Waals surface area contributed by atoms with E-state index in [9.17, 15) is 23.2 Å². The third-order valence-electron chi connectivity index (χ3n) is 3.65. The molecule has 8 heteroatoms. The lowest BCUT2D eigenvalue weighted by molar-refractivity contribution is -0.116. The maximum Gasteiger partial charge on any atom is 0.273 e. The minimum Gasteiger partial charge on any atom is -0.324 e. The second-order valence-corrected chi connectivity index (χ2v) is 5.37. The van der Waals surface area contributed by atoms with Crippen molar-refractivity contribution in [2.24, 2.45) is 0 Å². The minimum absolute atomic E-state index is 0.0897. The number of aromatic nitrogens is 2. The summed E-state index contributed by atoms with van der Waals surface area (Å²) in [6.45, 7) is -0.0897. The number of rotatable bonds is 4. The van der Waals surface area contributed by atoms with Crippen LogP contribution in [0, 0.1) is 11.6 Å². The lowest BCUT2D eigenvalue weighted by Gasteiger charge is -2.08. The van der Waals surface area contributed by atoms with E-state index in [1.54, 1.807) is 12.1 Å². The third kappa shape index (κ3) is 3.47. The number of H-pyrrole nitrogens is 1. The Morgan fingerprint density at radius 3 is 2.52 bits per heavy atom. The summed E-state index contributed by atoms with van der Waals surface area (Å²) in [5.74, 6) is -2.23. The molecule has 1 aromatic heterocycles. The zero-order chi connectivity index (χ0) is 18.0. The molecule has 2 aromatic carbocycles. The molecule has 0 fully saturated rings. The number of nitrogens with zero attached hydrogens (tertiary/aromatic N) is 1. The molecule has 25 heavy (non-hydrogen) atoms. The van der Waals surface area contributed by atoms with Gasteiger partial charge in [0, 0.05) is 12.5 Å². The first-order valence-corrected chi connectivity index (χ1v) is 7.42. The molecule has 6 nitrogen and oxygen atoms in total. The maximum absolute atomic E-state index is 13.5. The highest BCUT2D eigenvalue weighted by Gasteiger charge is 2.10. The summed E-state index contributed by atoms with van der Waals surface area (Å²) in [5.41, 5.74) is -1.04. The van der Waals surface area contributed by atoms with E-state index in [1.807, 2.05) is 0 Å². The van der Waals surface area contributed by atoms with Gasteiger partial charge >= 0.3 is 0 Å². The lowest BCUT2D eigenvalue weighted by atomic mass is 10.2. The van der Waals surface area contributed by atoms with Crippen molar-refractivity contribution in [2.45, 2.75) is 13.0 Å². The normalized spacial score (nSPS) is 10.8. The highest BCUT2D eigenvalue weighted by Crippen LogP contribution is 2.15. The molecule has 0 atom stereocenters. The Morgan fingerprint density at radius 2 is 1.80 bits per heavy atom. The molecule has 2 N–H and O–H groups in total. The number of carbonyl (C=O) groups excluding carboxylic acids is 1. The summed E-state index contributed by atoms with van der Waals surface area (Å²) in [6, 6.07) is 9.11. The first-order valence-electron chi connectivity index (χ1n) is 7.42. The number of hydrogen-bond acceptors (Lipinski definition) is 3. The Balaban J connectivity index is 1.76. The number of carbonyl (C=O) groups is 1. The molecule has 0 aliphatic heterocycles. The van der Waals surface area contributed by atoms with E-state index in [1.165, 1.54) is 12.1 Å². The number of amides is 1. The van der Waals surface area contributed by atoms with Gasteiger partial charge in [-0.1, -0.05) is 12.1 Å².